The average molecular weight is 359 g/mol. The van der Waals surface area contributed by atoms with Gasteiger partial charge in [0.15, 0.2) is 0 Å². The first-order chi connectivity index (χ1) is 13.1. The van der Waals surface area contributed by atoms with Crippen LogP contribution >= 0.6 is 0 Å². The Morgan fingerprint density at radius 3 is 2.33 bits per heavy atom. The second kappa shape index (κ2) is 8.27. The van der Waals surface area contributed by atoms with Crippen LogP contribution in [-0.4, -0.2) is 22.2 Å². The normalized spacial score (nSPS) is 11.6. The van der Waals surface area contributed by atoms with Gasteiger partial charge >= 0.3 is 0 Å². The van der Waals surface area contributed by atoms with Crippen molar-refractivity contribution in [1.29, 1.82) is 0 Å². The Kier molecular flexibility index (Phi) is 5.61. The molecule has 0 aliphatic rings. The highest BCUT2D eigenvalue weighted by Gasteiger charge is 2.24. The monoisotopic (exact) mass is 359 g/mol. The summed E-state index contributed by atoms with van der Waals surface area (Å²) in [5.41, 5.74) is 1.96. The summed E-state index contributed by atoms with van der Waals surface area (Å²) < 4.78 is 1.24. The predicted octanol–water partition coefficient (Wildman–Crippen LogP) is 3.69. The minimum absolute atomic E-state index is 0.221. The third-order valence-corrected chi connectivity index (χ3v) is 4.26. The van der Waals surface area contributed by atoms with Crippen molar-refractivity contribution < 1.29 is 4.79 Å². The smallest absolute Gasteiger partial charge is 0.267 e. The molecule has 1 aromatic heterocycles. The largest absolute Gasteiger partial charge is 0.307 e. The van der Waals surface area contributed by atoms with Crippen molar-refractivity contribution in [3.63, 3.8) is 0 Å². The lowest BCUT2D eigenvalue weighted by Gasteiger charge is -2.25. The number of hydrogen-bond acceptors (Lipinski definition) is 3. The molecule has 0 spiro atoms. The second-order valence-electron chi connectivity index (χ2n) is 6.12. The van der Waals surface area contributed by atoms with Gasteiger partial charge in [0.2, 0.25) is 0 Å². The first-order valence-electron chi connectivity index (χ1n) is 8.74. The Labute approximate surface area is 158 Å². The van der Waals surface area contributed by atoms with Crippen LogP contribution in [0.4, 0.5) is 5.69 Å². The van der Waals surface area contributed by atoms with Crippen LogP contribution in [0.15, 0.2) is 90.2 Å². The zero-order valence-corrected chi connectivity index (χ0v) is 15.2. The molecule has 0 bridgehead atoms. The maximum atomic E-state index is 13.1. The highest BCUT2D eigenvalue weighted by atomic mass is 16.2. The SMILES string of the molecule is C=CCN(C(=O)[C@H](C)n1nc(-c2ccccc2)ccc1=O)c1ccccc1. The van der Waals surface area contributed by atoms with Crippen molar-refractivity contribution in [1.82, 2.24) is 9.78 Å². The van der Waals surface area contributed by atoms with Crippen molar-refractivity contribution in [2.45, 2.75) is 13.0 Å². The molecule has 0 radical (unpaired) electrons. The second-order valence-corrected chi connectivity index (χ2v) is 6.12. The molecule has 1 atom stereocenters. The number of amides is 1. The molecule has 136 valence electrons. The number of anilines is 1. The van der Waals surface area contributed by atoms with Crippen molar-refractivity contribution >= 4 is 11.6 Å². The van der Waals surface area contributed by atoms with Gasteiger partial charge in [-0.15, -0.1) is 6.58 Å². The van der Waals surface area contributed by atoms with Crippen LogP contribution in [0.25, 0.3) is 11.3 Å². The molecule has 3 aromatic rings. The summed E-state index contributed by atoms with van der Waals surface area (Å²) in [6.07, 6.45) is 1.66. The lowest BCUT2D eigenvalue weighted by molar-refractivity contribution is -0.121. The van der Waals surface area contributed by atoms with E-state index < -0.39 is 6.04 Å². The van der Waals surface area contributed by atoms with Gasteiger partial charge in [-0.1, -0.05) is 54.6 Å². The molecular formula is C22H21N3O2. The fraction of sp³-hybridized carbons (Fsp3) is 0.136. The number of hydrogen-bond donors (Lipinski definition) is 0. The van der Waals surface area contributed by atoms with Crippen LogP contribution in [0.1, 0.15) is 13.0 Å². The summed E-state index contributed by atoms with van der Waals surface area (Å²) >= 11 is 0. The van der Waals surface area contributed by atoms with E-state index in [-0.39, 0.29) is 11.5 Å². The van der Waals surface area contributed by atoms with Crippen molar-refractivity contribution in [3.05, 3.63) is 95.8 Å². The zero-order valence-electron chi connectivity index (χ0n) is 15.2. The highest BCUT2D eigenvalue weighted by Crippen LogP contribution is 2.19. The van der Waals surface area contributed by atoms with Gasteiger partial charge in [0.1, 0.15) is 6.04 Å². The number of rotatable bonds is 6. The number of aromatic nitrogens is 2. The molecule has 0 aliphatic carbocycles. The Bertz CT molecular complexity index is 981. The molecule has 5 heteroatoms. The van der Waals surface area contributed by atoms with E-state index in [4.69, 9.17) is 0 Å². The van der Waals surface area contributed by atoms with Crippen LogP contribution in [0.2, 0.25) is 0 Å². The average Bonchev–Trinajstić information content (AvgIpc) is 2.72. The predicted molar refractivity (Wildman–Crippen MR) is 108 cm³/mol. The van der Waals surface area contributed by atoms with Gasteiger partial charge in [0.25, 0.3) is 11.5 Å². The summed E-state index contributed by atoms with van der Waals surface area (Å²) in [5.74, 6) is -0.221. The van der Waals surface area contributed by atoms with E-state index in [1.54, 1.807) is 24.0 Å². The van der Waals surface area contributed by atoms with Crippen molar-refractivity contribution in [2.75, 3.05) is 11.4 Å². The van der Waals surface area contributed by atoms with Crippen LogP contribution in [0.5, 0.6) is 0 Å². The van der Waals surface area contributed by atoms with E-state index in [2.05, 4.69) is 11.7 Å². The standard InChI is InChI=1S/C22H21N3O2/c1-3-16-24(19-12-8-5-9-13-19)22(27)17(2)25-21(26)15-14-20(23-25)18-10-6-4-7-11-18/h3-15,17H,1,16H2,2H3/t17-/m0/s1. The summed E-state index contributed by atoms with van der Waals surface area (Å²) in [6, 6.07) is 21.2. The number of carbonyl (C=O) groups excluding carboxylic acids is 1. The molecule has 0 unspecified atom stereocenters. The zero-order chi connectivity index (χ0) is 19.2. The first kappa shape index (κ1) is 18.3. The fourth-order valence-corrected chi connectivity index (χ4v) is 2.86. The number of carbonyl (C=O) groups is 1. The molecule has 2 aromatic carbocycles. The number of para-hydroxylation sites is 1. The molecule has 0 N–H and O–H groups in total. The third kappa shape index (κ3) is 4.03. The van der Waals surface area contributed by atoms with Gasteiger partial charge in [-0.3, -0.25) is 9.59 Å². The molecule has 5 nitrogen and oxygen atoms in total. The molecule has 0 aliphatic heterocycles. The van der Waals surface area contributed by atoms with Crippen molar-refractivity contribution in [2.24, 2.45) is 0 Å². The quantitative estimate of drug-likeness (QED) is 0.631. The van der Waals surface area contributed by atoms with E-state index in [0.29, 0.717) is 12.2 Å². The third-order valence-electron chi connectivity index (χ3n) is 4.26. The van der Waals surface area contributed by atoms with Crippen LogP contribution in [0.3, 0.4) is 0 Å². The minimum Gasteiger partial charge on any atom is -0.307 e. The molecule has 0 fully saturated rings. The van der Waals surface area contributed by atoms with Gasteiger partial charge in [-0.05, 0) is 25.1 Å². The molecule has 1 heterocycles. The van der Waals surface area contributed by atoms with E-state index in [0.717, 1.165) is 11.3 Å². The fourth-order valence-electron chi connectivity index (χ4n) is 2.86. The molecule has 1 amide bonds. The molecule has 0 saturated carbocycles. The molecular weight excluding hydrogens is 338 g/mol. The van der Waals surface area contributed by atoms with E-state index in [1.807, 2.05) is 60.7 Å². The van der Waals surface area contributed by atoms with Gasteiger partial charge < -0.3 is 4.90 Å². The lowest BCUT2D eigenvalue weighted by atomic mass is 10.1. The lowest BCUT2D eigenvalue weighted by Crippen LogP contribution is -2.40. The summed E-state index contributed by atoms with van der Waals surface area (Å²) in [4.78, 5) is 27.1. The maximum Gasteiger partial charge on any atom is 0.267 e. The van der Waals surface area contributed by atoms with Crippen LogP contribution in [-0.2, 0) is 4.79 Å². The van der Waals surface area contributed by atoms with Crippen LogP contribution < -0.4 is 10.5 Å². The summed E-state index contributed by atoms with van der Waals surface area (Å²) in [6.45, 7) is 5.77. The highest BCUT2D eigenvalue weighted by molar-refractivity contribution is 5.96. The van der Waals surface area contributed by atoms with Gasteiger partial charge in [0.05, 0.1) is 5.69 Å². The van der Waals surface area contributed by atoms with E-state index in [9.17, 15) is 9.59 Å². The van der Waals surface area contributed by atoms with E-state index >= 15 is 0 Å². The van der Waals surface area contributed by atoms with E-state index in [1.165, 1.54) is 10.7 Å². The Balaban J connectivity index is 1.96. The Morgan fingerprint density at radius 1 is 1.07 bits per heavy atom. The molecule has 0 saturated heterocycles. The summed E-state index contributed by atoms with van der Waals surface area (Å²) in [5, 5.41) is 4.43. The summed E-state index contributed by atoms with van der Waals surface area (Å²) in [7, 11) is 0. The maximum absolute atomic E-state index is 13.1. The number of nitrogens with zero attached hydrogens (tertiary/aromatic N) is 3. The number of benzene rings is 2. The topological polar surface area (TPSA) is 55.2 Å². The van der Waals surface area contributed by atoms with Gasteiger partial charge in [0, 0.05) is 23.9 Å². The molecule has 3 rings (SSSR count). The molecule has 27 heavy (non-hydrogen) atoms. The Hall–Kier alpha value is -3.47. The van der Waals surface area contributed by atoms with Gasteiger partial charge in [-0.2, -0.15) is 5.10 Å². The van der Waals surface area contributed by atoms with Crippen LogP contribution in [0, 0.1) is 0 Å². The minimum atomic E-state index is -0.749. The Morgan fingerprint density at radius 2 is 1.70 bits per heavy atom. The van der Waals surface area contributed by atoms with Gasteiger partial charge in [-0.25, -0.2) is 4.68 Å². The first-order valence-corrected chi connectivity index (χ1v) is 8.74. The van der Waals surface area contributed by atoms with Crippen molar-refractivity contribution in [3.8, 4) is 11.3 Å².